The number of hydrogen-bond donors (Lipinski definition) is 3. The van der Waals surface area contributed by atoms with Crippen LogP contribution in [0.4, 0.5) is 4.79 Å². The molecule has 1 heterocycles. The van der Waals surface area contributed by atoms with E-state index in [-0.39, 0.29) is 5.75 Å². The normalized spacial score (nSPS) is 19.3. The van der Waals surface area contributed by atoms with Crippen molar-refractivity contribution in [2.75, 3.05) is 6.54 Å². The van der Waals surface area contributed by atoms with Crippen LogP contribution < -0.4 is 11.1 Å². The predicted octanol–water partition coefficient (Wildman–Crippen LogP) is 0.632. The molecular weight excluding hydrogens is 196 g/mol. The van der Waals surface area contributed by atoms with Crippen LogP contribution in [0, 0.1) is 0 Å². The smallest absolute Gasteiger partial charge is 0.406 e. The third kappa shape index (κ3) is 2.02. The maximum atomic E-state index is 10.7. The molecule has 5 nitrogen and oxygen atoms in total. The molecule has 1 atom stereocenters. The first-order chi connectivity index (χ1) is 7.16. The van der Waals surface area contributed by atoms with Crippen LogP contribution in [-0.4, -0.2) is 17.7 Å². The molecule has 1 unspecified atom stereocenters. The Kier molecular flexibility index (Phi) is 2.47. The van der Waals surface area contributed by atoms with E-state index in [2.05, 4.69) is 5.32 Å². The van der Waals surface area contributed by atoms with Crippen molar-refractivity contribution in [2.45, 2.75) is 12.6 Å². The molecule has 0 radical (unpaired) electrons. The van der Waals surface area contributed by atoms with E-state index in [1.807, 2.05) is 0 Å². The quantitative estimate of drug-likeness (QED) is 0.632. The lowest BCUT2D eigenvalue weighted by atomic mass is 9.99. The molecular formula is C10H12N2O3. The summed E-state index contributed by atoms with van der Waals surface area (Å²) in [5.74, 6) is 0.216. The SMILES string of the molecule is NC(=O)OC1NCCc2cc(O)ccc21. The molecule has 1 aliphatic rings. The van der Waals surface area contributed by atoms with Crippen molar-refractivity contribution in [2.24, 2.45) is 5.73 Å². The van der Waals surface area contributed by atoms with Crippen LogP contribution in [0.2, 0.25) is 0 Å². The van der Waals surface area contributed by atoms with E-state index in [1.165, 1.54) is 0 Å². The van der Waals surface area contributed by atoms with Gasteiger partial charge in [-0.15, -0.1) is 0 Å². The Bertz CT molecular complexity index is 392. The fourth-order valence-electron chi connectivity index (χ4n) is 1.73. The van der Waals surface area contributed by atoms with E-state index in [4.69, 9.17) is 10.5 Å². The topological polar surface area (TPSA) is 84.6 Å². The lowest BCUT2D eigenvalue weighted by Gasteiger charge is -2.25. The number of nitrogens with two attached hydrogens (primary N) is 1. The monoisotopic (exact) mass is 208 g/mol. The molecule has 80 valence electrons. The van der Waals surface area contributed by atoms with Gasteiger partial charge in [0.05, 0.1) is 0 Å². The van der Waals surface area contributed by atoms with E-state index in [9.17, 15) is 9.90 Å². The summed E-state index contributed by atoms with van der Waals surface area (Å²) in [7, 11) is 0. The summed E-state index contributed by atoms with van der Waals surface area (Å²) >= 11 is 0. The van der Waals surface area contributed by atoms with E-state index in [0.717, 1.165) is 17.5 Å². The van der Waals surface area contributed by atoms with Gasteiger partial charge < -0.3 is 15.6 Å². The van der Waals surface area contributed by atoms with E-state index < -0.39 is 12.3 Å². The Morgan fingerprint density at radius 1 is 1.60 bits per heavy atom. The highest BCUT2D eigenvalue weighted by molar-refractivity contribution is 5.65. The van der Waals surface area contributed by atoms with Gasteiger partial charge in [-0.3, -0.25) is 5.32 Å². The molecule has 1 amide bonds. The minimum absolute atomic E-state index is 0.216. The fraction of sp³-hybridized carbons (Fsp3) is 0.300. The van der Waals surface area contributed by atoms with Gasteiger partial charge in [-0.1, -0.05) is 0 Å². The molecule has 0 aliphatic carbocycles. The highest BCUT2D eigenvalue weighted by Gasteiger charge is 2.22. The Hall–Kier alpha value is -1.75. The summed E-state index contributed by atoms with van der Waals surface area (Å²) in [6.45, 7) is 0.689. The van der Waals surface area contributed by atoms with Crippen LogP contribution in [0.15, 0.2) is 18.2 Å². The summed E-state index contributed by atoms with van der Waals surface area (Å²) in [6.07, 6.45) is -0.525. The van der Waals surface area contributed by atoms with Crippen LogP contribution in [0.3, 0.4) is 0 Å². The average molecular weight is 208 g/mol. The number of amides is 1. The van der Waals surface area contributed by atoms with E-state index in [1.54, 1.807) is 18.2 Å². The number of phenolic OH excluding ortho intramolecular Hbond substituents is 1. The van der Waals surface area contributed by atoms with Crippen molar-refractivity contribution in [1.82, 2.24) is 5.32 Å². The van der Waals surface area contributed by atoms with Crippen LogP contribution in [0.25, 0.3) is 0 Å². The van der Waals surface area contributed by atoms with Gasteiger partial charge in [0.25, 0.3) is 0 Å². The number of benzene rings is 1. The molecule has 0 aromatic heterocycles. The molecule has 0 saturated heterocycles. The molecule has 0 bridgehead atoms. The van der Waals surface area contributed by atoms with Crippen LogP contribution in [-0.2, 0) is 11.2 Å². The standard InChI is InChI=1S/C10H12N2O3/c11-10(14)15-9-8-2-1-7(13)5-6(8)3-4-12-9/h1-2,5,9,12-13H,3-4H2,(H2,11,14). The summed E-state index contributed by atoms with van der Waals surface area (Å²) in [5, 5.41) is 12.3. The molecule has 0 spiro atoms. The number of fused-ring (bicyclic) bond motifs is 1. The number of primary amides is 1. The van der Waals surface area contributed by atoms with Gasteiger partial charge in [-0.05, 0) is 30.2 Å². The van der Waals surface area contributed by atoms with Gasteiger partial charge >= 0.3 is 6.09 Å². The molecule has 4 N–H and O–H groups in total. The Balaban J connectivity index is 2.30. The summed E-state index contributed by atoms with van der Waals surface area (Å²) < 4.78 is 4.90. The number of rotatable bonds is 1. The number of aromatic hydroxyl groups is 1. The number of nitrogens with one attached hydrogen (secondary N) is 1. The molecule has 15 heavy (non-hydrogen) atoms. The van der Waals surface area contributed by atoms with Gasteiger partial charge in [0.2, 0.25) is 0 Å². The van der Waals surface area contributed by atoms with Crippen LogP contribution >= 0.6 is 0 Å². The number of ether oxygens (including phenoxy) is 1. The first-order valence-corrected chi connectivity index (χ1v) is 4.68. The lowest BCUT2D eigenvalue weighted by molar-refractivity contribution is 0.0816. The predicted molar refractivity (Wildman–Crippen MR) is 53.2 cm³/mol. The first-order valence-electron chi connectivity index (χ1n) is 4.68. The third-order valence-corrected chi connectivity index (χ3v) is 2.37. The van der Waals surface area contributed by atoms with Crippen molar-refractivity contribution in [3.8, 4) is 5.75 Å². The minimum atomic E-state index is -0.812. The Morgan fingerprint density at radius 2 is 2.40 bits per heavy atom. The Morgan fingerprint density at radius 3 is 3.13 bits per heavy atom. The molecule has 1 aromatic carbocycles. The number of carbonyl (C=O) groups is 1. The zero-order valence-corrected chi connectivity index (χ0v) is 8.06. The average Bonchev–Trinajstić information content (AvgIpc) is 2.16. The van der Waals surface area contributed by atoms with Crippen molar-refractivity contribution >= 4 is 6.09 Å². The Labute approximate surface area is 86.8 Å². The number of hydrogen-bond acceptors (Lipinski definition) is 4. The second kappa shape index (κ2) is 3.78. The molecule has 5 heteroatoms. The largest absolute Gasteiger partial charge is 0.508 e. The third-order valence-electron chi connectivity index (χ3n) is 2.37. The van der Waals surface area contributed by atoms with Crippen molar-refractivity contribution in [1.29, 1.82) is 0 Å². The lowest BCUT2D eigenvalue weighted by Crippen LogP contribution is -2.34. The molecule has 1 aromatic rings. The molecule has 0 saturated carbocycles. The van der Waals surface area contributed by atoms with Crippen LogP contribution in [0.5, 0.6) is 5.75 Å². The molecule has 0 fully saturated rings. The maximum absolute atomic E-state index is 10.7. The van der Waals surface area contributed by atoms with Gasteiger partial charge in [-0.2, -0.15) is 0 Å². The first kappa shape index (κ1) is 9.79. The zero-order valence-electron chi connectivity index (χ0n) is 8.06. The van der Waals surface area contributed by atoms with Crippen molar-refractivity contribution in [3.05, 3.63) is 29.3 Å². The second-order valence-corrected chi connectivity index (χ2v) is 3.40. The van der Waals surface area contributed by atoms with Gasteiger partial charge in [0, 0.05) is 12.1 Å². The molecule has 2 rings (SSSR count). The summed E-state index contributed by atoms with van der Waals surface area (Å²) in [4.78, 5) is 10.7. The van der Waals surface area contributed by atoms with Crippen molar-refractivity contribution < 1.29 is 14.6 Å². The van der Waals surface area contributed by atoms with Crippen molar-refractivity contribution in [3.63, 3.8) is 0 Å². The molecule has 1 aliphatic heterocycles. The summed E-state index contributed by atoms with van der Waals surface area (Å²) in [5.41, 5.74) is 6.78. The minimum Gasteiger partial charge on any atom is -0.508 e. The fourth-order valence-corrected chi connectivity index (χ4v) is 1.73. The zero-order chi connectivity index (χ0) is 10.8. The van der Waals surface area contributed by atoms with E-state index in [0.29, 0.717) is 6.54 Å². The van der Waals surface area contributed by atoms with Gasteiger partial charge in [0.1, 0.15) is 5.75 Å². The number of phenols is 1. The van der Waals surface area contributed by atoms with Gasteiger partial charge in [-0.25, -0.2) is 4.79 Å². The second-order valence-electron chi connectivity index (χ2n) is 3.40. The maximum Gasteiger partial charge on any atom is 0.406 e. The highest BCUT2D eigenvalue weighted by atomic mass is 16.6. The van der Waals surface area contributed by atoms with Crippen LogP contribution in [0.1, 0.15) is 17.4 Å². The number of carbonyl (C=O) groups excluding carboxylic acids is 1. The summed E-state index contributed by atoms with van der Waals surface area (Å²) in [6, 6.07) is 4.96. The van der Waals surface area contributed by atoms with Gasteiger partial charge in [0.15, 0.2) is 6.23 Å². The van der Waals surface area contributed by atoms with E-state index >= 15 is 0 Å². The highest BCUT2D eigenvalue weighted by Crippen LogP contribution is 2.26.